The maximum atomic E-state index is 12.3. The number of amides is 3. The molecule has 0 spiro atoms. The summed E-state index contributed by atoms with van der Waals surface area (Å²) in [6.45, 7) is 2.80. The van der Waals surface area contributed by atoms with Crippen LogP contribution in [0.4, 0.5) is 0 Å². The molecule has 3 amide bonds. The van der Waals surface area contributed by atoms with Gasteiger partial charge in [0.15, 0.2) is 0 Å². The quantitative estimate of drug-likeness (QED) is 0.698. The molecule has 2 heterocycles. The van der Waals surface area contributed by atoms with Crippen molar-refractivity contribution in [3.63, 3.8) is 0 Å². The molecule has 0 aromatic heterocycles. The van der Waals surface area contributed by atoms with Crippen LogP contribution in [0.15, 0.2) is 0 Å². The molecule has 0 bridgehead atoms. The Bertz CT molecular complexity index is 407. The molecule has 2 aliphatic heterocycles. The lowest BCUT2D eigenvalue weighted by atomic mass is 9.81. The minimum absolute atomic E-state index is 0.0648. The fraction of sp³-hybridized carbons (Fsp3) is 0.786. The van der Waals surface area contributed by atoms with E-state index in [0.717, 1.165) is 38.8 Å². The van der Waals surface area contributed by atoms with Crippen molar-refractivity contribution >= 4 is 17.7 Å². The molecular formula is C14H21N3O3. The predicted octanol–water partition coefficient (Wildman–Crippen LogP) is -0.407. The normalized spacial score (nSPS) is 30.6. The van der Waals surface area contributed by atoms with Crippen LogP contribution in [-0.2, 0) is 14.4 Å². The number of nitrogens with one attached hydrogen (secondary N) is 1. The van der Waals surface area contributed by atoms with Gasteiger partial charge in [-0.15, -0.1) is 0 Å². The molecular weight excluding hydrogens is 258 g/mol. The van der Waals surface area contributed by atoms with Crippen LogP contribution in [0.25, 0.3) is 0 Å². The number of carbonyl (C=O) groups excluding carboxylic acids is 3. The van der Waals surface area contributed by atoms with Gasteiger partial charge in [0.05, 0.1) is 11.8 Å². The summed E-state index contributed by atoms with van der Waals surface area (Å²) in [7, 11) is 0. The summed E-state index contributed by atoms with van der Waals surface area (Å²) >= 11 is 0. The van der Waals surface area contributed by atoms with E-state index in [2.05, 4.69) is 5.32 Å². The average Bonchev–Trinajstić information content (AvgIpc) is 2.74. The highest BCUT2D eigenvalue weighted by atomic mass is 16.2. The largest absolute Gasteiger partial charge is 0.339 e. The maximum absolute atomic E-state index is 12.3. The lowest BCUT2D eigenvalue weighted by molar-refractivity contribution is -0.146. The van der Waals surface area contributed by atoms with E-state index in [9.17, 15) is 14.4 Å². The Kier molecular flexibility index (Phi) is 3.74. The first kappa shape index (κ1) is 13.5. The van der Waals surface area contributed by atoms with Crippen molar-refractivity contribution in [3.8, 4) is 0 Å². The van der Waals surface area contributed by atoms with Crippen LogP contribution >= 0.6 is 0 Å². The number of hydrogen-bond donors (Lipinski definition) is 1. The van der Waals surface area contributed by atoms with E-state index in [1.165, 1.54) is 4.90 Å². The molecule has 1 aliphatic carbocycles. The van der Waals surface area contributed by atoms with Gasteiger partial charge in [0, 0.05) is 26.2 Å². The third kappa shape index (κ3) is 2.32. The predicted molar refractivity (Wildman–Crippen MR) is 71.6 cm³/mol. The Morgan fingerprint density at radius 1 is 1.05 bits per heavy atom. The zero-order valence-electron chi connectivity index (χ0n) is 11.6. The first-order valence-electron chi connectivity index (χ1n) is 7.52. The highest BCUT2D eigenvalue weighted by molar-refractivity contribution is 6.07. The molecule has 3 aliphatic rings. The summed E-state index contributed by atoms with van der Waals surface area (Å²) in [6, 6.07) is 0. The van der Waals surface area contributed by atoms with Crippen molar-refractivity contribution in [1.29, 1.82) is 0 Å². The number of fused-ring (bicyclic) bond motifs is 1. The highest BCUT2D eigenvalue weighted by Crippen LogP contribution is 2.37. The molecule has 1 N–H and O–H groups in total. The lowest BCUT2D eigenvalue weighted by Crippen LogP contribution is -2.50. The van der Waals surface area contributed by atoms with E-state index in [4.69, 9.17) is 0 Å². The Morgan fingerprint density at radius 3 is 2.15 bits per heavy atom. The molecule has 3 rings (SSSR count). The Hall–Kier alpha value is -1.43. The van der Waals surface area contributed by atoms with Crippen LogP contribution in [0, 0.1) is 11.8 Å². The van der Waals surface area contributed by atoms with Crippen LogP contribution < -0.4 is 5.32 Å². The lowest BCUT2D eigenvalue weighted by Gasteiger charge is -2.28. The van der Waals surface area contributed by atoms with E-state index in [0.29, 0.717) is 13.1 Å². The first-order valence-corrected chi connectivity index (χ1v) is 7.52. The molecule has 0 radical (unpaired) electrons. The Labute approximate surface area is 118 Å². The fourth-order valence-electron chi connectivity index (χ4n) is 3.54. The number of nitrogens with zero attached hydrogens (tertiary/aromatic N) is 2. The first-order chi connectivity index (χ1) is 9.68. The van der Waals surface area contributed by atoms with Gasteiger partial charge in [0.2, 0.25) is 17.7 Å². The van der Waals surface area contributed by atoms with E-state index in [-0.39, 0.29) is 36.1 Å². The highest BCUT2D eigenvalue weighted by Gasteiger charge is 2.48. The van der Waals surface area contributed by atoms with E-state index >= 15 is 0 Å². The molecule has 3 fully saturated rings. The number of likely N-dealkylation sites (tertiary alicyclic amines) is 1. The van der Waals surface area contributed by atoms with Crippen molar-refractivity contribution < 1.29 is 14.4 Å². The summed E-state index contributed by atoms with van der Waals surface area (Å²) in [4.78, 5) is 39.7. The molecule has 2 unspecified atom stereocenters. The van der Waals surface area contributed by atoms with Gasteiger partial charge >= 0.3 is 0 Å². The standard InChI is InChI=1S/C14H21N3O3/c18-12(16-7-5-15-6-8-16)9-17-13(19)10-3-1-2-4-11(10)14(17)20/h10-11,15H,1-9H2. The zero-order valence-corrected chi connectivity index (χ0v) is 11.6. The third-order valence-electron chi connectivity index (χ3n) is 4.70. The minimum Gasteiger partial charge on any atom is -0.339 e. The second-order valence-corrected chi connectivity index (χ2v) is 5.89. The number of carbonyl (C=O) groups is 3. The molecule has 110 valence electrons. The summed E-state index contributed by atoms with van der Waals surface area (Å²) < 4.78 is 0. The molecule has 20 heavy (non-hydrogen) atoms. The molecule has 2 atom stereocenters. The van der Waals surface area contributed by atoms with Crippen molar-refractivity contribution in [3.05, 3.63) is 0 Å². The van der Waals surface area contributed by atoms with Crippen LogP contribution in [0.3, 0.4) is 0 Å². The molecule has 6 nitrogen and oxygen atoms in total. The molecule has 0 aromatic carbocycles. The number of imide groups is 1. The van der Waals surface area contributed by atoms with E-state index < -0.39 is 0 Å². The summed E-state index contributed by atoms with van der Waals surface area (Å²) in [5.41, 5.74) is 0. The number of piperazine rings is 1. The molecule has 0 aromatic rings. The van der Waals surface area contributed by atoms with Crippen LogP contribution in [0.1, 0.15) is 25.7 Å². The topological polar surface area (TPSA) is 69.7 Å². The van der Waals surface area contributed by atoms with Gasteiger partial charge in [-0.25, -0.2) is 0 Å². The van der Waals surface area contributed by atoms with Crippen molar-refractivity contribution in [2.24, 2.45) is 11.8 Å². The Balaban J connectivity index is 1.66. The van der Waals surface area contributed by atoms with E-state index in [1.807, 2.05) is 0 Å². The second-order valence-electron chi connectivity index (χ2n) is 5.89. The molecule has 6 heteroatoms. The monoisotopic (exact) mass is 279 g/mol. The van der Waals surface area contributed by atoms with Gasteiger partial charge < -0.3 is 10.2 Å². The second kappa shape index (κ2) is 5.52. The summed E-state index contributed by atoms with van der Waals surface area (Å²) in [6.07, 6.45) is 3.63. The van der Waals surface area contributed by atoms with Crippen LogP contribution in [-0.4, -0.2) is 60.2 Å². The smallest absolute Gasteiger partial charge is 0.242 e. The SMILES string of the molecule is O=C(CN1C(=O)C2CCCCC2C1=O)N1CCNCC1. The van der Waals surface area contributed by atoms with Gasteiger partial charge in [-0.05, 0) is 12.8 Å². The summed E-state index contributed by atoms with van der Waals surface area (Å²) in [5.74, 6) is -0.669. The minimum atomic E-state index is -0.160. The summed E-state index contributed by atoms with van der Waals surface area (Å²) in [5, 5.41) is 3.18. The van der Waals surface area contributed by atoms with Gasteiger partial charge in [0.1, 0.15) is 6.54 Å². The van der Waals surface area contributed by atoms with Gasteiger partial charge in [-0.1, -0.05) is 12.8 Å². The van der Waals surface area contributed by atoms with Gasteiger partial charge in [0.25, 0.3) is 0 Å². The molecule has 1 saturated carbocycles. The van der Waals surface area contributed by atoms with Crippen LogP contribution in [0.5, 0.6) is 0 Å². The van der Waals surface area contributed by atoms with Crippen molar-refractivity contribution in [2.75, 3.05) is 32.7 Å². The van der Waals surface area contributed by atoms with Crippen molar-refractivity contribution in [2.45, 2.75) is 25.7 Å². The third-order valence-corrected chi connectivity index (χ3v) is 4.70. The Morgan fingerprint density at radius 2 is 1.60 bits per heavy atom. The van der Waals surface area contributed by atoms with Gasteiger partial charge in [-0.2, -0.15) is 0 Å². The number of hydrogen-bond acceptors (Lipinski definition) is 4. The van der Waals surface area contributed by atoms with Crippen molar-refractivity contribution in [1.82, 2.24) is 15.1 Å². The fourth-order valence-corrected chi connectivity index (χ4v) is 3.54. The van der Waals surface area contributed by atoms with Gasteiger partial charge in [-0.3, -0.25) is 19.3 Å². The zero-order chi connectivity index (χ0) is 14.1. The average molecular weight is 279 g/mol. The maximum Gasteiger partial charge on any atom is 0.242 e. The number of rotatable bonds is 2. The molecule has 2 saturated heterocycles. The van der Waals surface area contributed by atoms with E-state index in [1.54, 1.807) is 4.90 Å². The van der Waals surface area contributed by atoms with Crippen LogP contribution in [0.2, 0.25) is 0 Å².